The molecular weight excluding hydrogens is 467 g/mol. The minimum Gasteiger partial charge on any atom is -0.333 e. The summed E-state index contributed by atoms with van der Waals surface area (Å²) in [6.45, 7) is 0.770. The van der Waals surface area contributed by atoms with E-state index in [1.165, 1.54) is 28.3 Å². The van der Waals surface area contributed by atoms with Crippen molar-refractivity contribution in [1.29, 1.82) is 0 Å². The van der Waals surface area contributed by atoms with Crippen LogP contribution in [0.4, 0.5) is 4.39 Å². The normalized spacial score (nSPS) is 25.4. The van der Waals surface area contributed by atoms with Crippen molar-refractivity contribution in [2.75, 3.05) is 20.6 Å². The quantitative estimate of drug-likeness (QED) is 0.411. The first-order valence-electron chi connectivity index (χ1n) is 13.0. The lowest BCUT2D eigenvalue weighted by Crippen LogP contribution is -2.60. The van der Waals surface area contributed by atoms with E-state index in [2.05, 4.69) is 60.3 Å². The lowest BCUT2D eigenvalue weighted by atomic mass is 9.63. The third-order valence-corrected chi connectivity index (χ3v) is 9.94. The second kappa shape index (κ2) is 8.97. The molecule has 36 heavy (non-hydrogen) atoms. The van der Waals surface area contributed by atoms with Crippen molar-refractivity contribution < 1.29 is 9.18 Å². The highest BCUT2D eigenvalue weighted by atomic mass is 32.1. The number of carbonyl (C=O) groups is 1. The first-order valence-corrected chi connectivity index (χ1v) is 13.9. The Labute approximate surface area is 217 Å². The Morgan fingerprint density at radius 1 is 1.03 bits per heavy atom. The first kappa shape index (κ1) is 23.6. The predicted molar refractivity (Wildman–Crippen MR) is 144 cm³/mol. The molecule has 1 aliphatic heterocycles. The van der Waals surface area contributed by atoms with Crippen molar-refractivity contribution in [2.24, 2.45) is 0 Å². The minimum atomic E-state index is -0.270. The van der Waals surface area contributed by atoms with E-state index in [9.17, 15) is 9.18 Å². The van der Waals surface area contributed by atoms with Crippen molar-refractivity contribution in [2.45, 2.75) is 56.0 Å². The summed E-state index contributed by atoms with van der Waals surface area (Å²) in [5.41, 5.74) is 6.23. The Bertz CT molecular complexity index is 1320. The van der Waals surface area contributed by atoms with Crippen LogP contribution in [0.2, 0.25) is 0 Å². The summed E-state index contributed by atoms with van der Waals surface area (Å²) >= 11 is 1.66. The fourth-order valence-electron chi connectivity index (χ4n) is 7.20. The SMILES string of the molecule is CN(C)C1(c2cccc(F)c2)CCC2(CC1)C1=C(CCN2C(=O)Cc2cccs2)c2ccccc2C1. The molecule has 3 nitrogen and oxygen atoms in total. The maximum absolute atomic E-state index is 14.3. The fourth-order valence-corrected chi connectivity index (χ4v) is 7.90. The van der Waals surface area contributed by atoms with Crippen LogP contribution < -0.4 is 0 Å². The van der Waals surface area contributed by atoms with Gasteiger partial charge in [0.15, 0.2) is 0 Å². The van der Waals surface area contributed by atoms with Crippen LogP contribution in [0.15, 0.2) is 71.6 Å². The number of thiophene rings is 1. The molecular formula is C31H33FN2OS. The second-order valence-corrected chi connectivity index (χ2v) is 11.8. The van der Waals surface area contributed by atoms with Gasteiger partial charge in [-0.2, -0.15) is 0 Å². The summed E-state index contributed by atoms with van der Waals surface area (Å²) in [4.78, 5) is 19.5. The third kappa shape index (κ3) is 3.67. The monoisotopic (exact) mass is 500 g/mol. The van der Waals surface area contributed by atoms with Gasteiger partial charge in [0.1, 0.15) is 5.82 Å². The molecule has 1 spiro atoms. The van der Waals surface area contributed by atoms with E-state index in [0.717, 1.165) is 55.5 Å². The van der Waals surface area contributed by atoms with Gasteiger partial charge >= 0.3 is 0 Å². The highest BCUT2D eigenvalue weighted by Crippen LogP contribution is 2.55. The molecule has 0 unspecified atom stereocenters. The summed E-state index contributed by atoms with van der Waals surface area (Å²) in [6, 6.07) is 20.0. The Morgan fingerprint density at radius 2 is 1.83 bits per heavy atom. The first-order chi connectivity index (χ1) is 17.4. The summed E-state index contributed by atoms with van der Waals surface area (Å²) < 4.78 is 14.3. The van der Waals surface area contributed by atoms with E-state index >= 15 is 0 Å². The van der Waals surface area contributed by atoms with E-state index in [0.29, 0.717) is 6.42 Å². The molecule has 1 fully saturated rings. The molecule has 0 atom stereocenters. The highest BCUT2D eigenvalue weighted by Gasteiger charge is 2.53. The Balaban J connectivity index is 1.40. The number of hydrogen-bond donors (Lipinski definition) is 0. The van der Waals surface area contributed by atoms with E-state index in [1.54, 1.807) is 17.4 Å². The number of benzene rings is 2. The molecule has 1 saturated carbocycles. The molecule has 2 aliphatic carbocycles. The molecule has 2 heterocycles. The van der Waals surface area contributed by atoms with Crippen molar-refractivity contribution in [1.82, 2.24) is 9.80 Å². The van der Waals surface area contributed by atoms with Gasteiger partial charge in [-0.3, -0.25) is 9.69 Å². The van der Waals surface area contributed by atoms with Crippen molar-refractivity contribution >= 4 is 22.8 Å². The van der Waals surface area contributed by atoms with Gasteiger partial charge in [0, 0.05) is 17.0 Å². The molecule has 5 heteroatoms. The van der Waals surface area contributed by atoms with Crippen LogP contribution in [0.25, 0.3) is 5.57 Å². The second-order valence-electron chi connectivity index (χ2n) is 10.8. The molecule has 186 valence electrons. The van der Waals surface area contributed by atoms with Gasteiger partial charge in [-0.25, -0.2) is 4.39 Å². The van der Waals surface area contributed by atoms with Gasteiger partial charge < -0.3 is 4.90 Å². The number of rotatable bonds is 4. The Morgan fingerprint density at radius 3 is 2.56 bits per heavy atom. The number of halogens is 1. The number of hydrogen-bond acceptors (Lipinski definition) is 3. The average molecular weight is 501 g/mol. The van der Waals surface area contributed by atoms with Crippen LogP contribution in [-0.2, 0) is 23.2 Å². The van der Waals surface area contributed by atoms with Crippen molar-refractivity contribution in [3.05, 3.63) is 99.0 Å². The van der Waals surface area contributed by atoms with Gasteiger partial charge in [-0.05, 0) is 104 Å². The van der Waals surface area contributed by atoms with Crippen molar-refractivity contribution in [3.63, 3.8) is 0 Å². The van der Waals surface area contributed by atoms with Crippen LogP contribution in [0, 0.1) is 5.82 Å². The van der Waals surface area contributed by atoms with Crippen LogP contribution in [0.1, 0.15) is 53.7 Å². The zero-order valence-corrected chi connectivity index (χ0v) is 21.9. The Hall–Kier alpha value is -2.76. The smallest absolute Gasteiger partial charge is 0.228 e. The van der Waals surface area contributed by atoms with Crippen LogP contribution in [-0.4, -0.2) is 41.9 Å². The van der Waals surface area contributed by atoms with E-state index < -0.39 is 0 Å². The number of nitrogens with zero attached hydrogens (tertiary/aromatic N) is 2. The van der Waals surface area contributed by atoms with E-state index in [1.807, 2.05) is 17.5 Å². The maximum atomic E-state index is 14.3. The molecule has 0 N–H and O–H groups in total. The van der Waals surface area contributed by atoms with Gasteiger partial charge in [0.2, 0.25) is 5.91 Å². The topological polar surface area (TPSA) is 23.6 Å². The highest BCUT2D eigenvalue weighted by molar-refractivity contribution is 7.10. The molecule has 3 aliphatic rings. The molecule has 0 saturated heterocycles. The molecule has 0 bridgehead atoms. The Kier molecular flexibility index (Phi) is 5.88. The third-order valence-electron chi connectivity index (χ3n) is 9.07. The van der Waals surface area contributed by atoms with Gasteiger partial charge in [-0.15, -0.1) is 11.3 Å². The summed E-state index contributed by atoms with van der Waals surface area (Å²) in [7, 11) is 4.22. The molecule has 1 aromatic heterocycles. The number of carbonyl (C=O) groups excluding carboxylic acids is 1. The fraction of sp³-hybridized carbons (Fsp3) is 0.387. The predicted octanol–water partition coefficient (Wildman–Crippen LogP) is 6.44. The lowest BCUT2D eigenvalue weighted by molar-refractivity contribution is -0.138. The largest absolute Gasteiger partial charge is 0.333 e. The van der Waals surface area contributed by atoms with Gasteiger partial charge in [0.25, 0.3) is 0 Å². The summed E-state index contributed by atoms with van der Waals surface area (Å²) in [5.74, 6) is 0.0544. The molecule has 6 rings (SSSR count). The van der Waals surface area contributed by atoms with Crippen LogP contribution >= 0.6 is 11.3 Å². The summed E-state index contributed by atoms with van der Waals surface area (Å²) in [5, 5.41) is 2.05. The maximum Gasteiger partial charge on any atom is 0.228 e. The minimum absolute atomic E-state index is 0.185. The lowest BCUT2D eigenvalue weighted by Gasteiger charge is -2.56. The number of amides is 1. The van der Waals surface area contributed by atoms with Crippen LogP contribution in [0.3, 0.4) is 0 Å². The summed E-state index contributed by atoms with van der Waals surface area (Å²) in [6.07, 6.45) is 5.89. The molecule has 3 aromatic rings. The molecule has 1 amide bonds. The standard InChI is InChI=1S/C31H33FN2OS/c1-33(2)30(23-8-5-9-24(32)20-23)13-15-31(16-14-30)28-19-22-7-3-4-11-26(22)27(28)12-17-34(31)29(35)21-25-10-6-18-36-25/h3-11,18,20H,12-17,19,21H2,1-2H3. The zero-order valence-electron chi connectivity index (χ0n) is 21.1. The average Bonchev–Trinajstić information content (AvgIpc) is 3.53. The molecule has 2 aromatic carbocycles. The van der Waals surface area contributed by atoms with Crippen LogP contribution in [0.5, 0.6) is 0 Å². The molecule has 0 radical (unpaired) electrons. The van der Waals surface area contributed by atoms with Crippen molar-refractivity contribution in [3.8, 4) is 0 Å². The zero-order chi connectivity index (χ0) is 24.9. The van der Waals surface area contributed by atoms with Gasteiger partial charge in [0.05, 0.1) is 12.0 Å². The van der Waals surface area contributed by atoms with E-state index in [-0.39, 0.29) is 22.8 Å². The van der Waals surface area contributed by atoms with Gasteiger partial charge in [-0.1, -0.05) is 42.5 Å². The van der Waals surface area contributed by atoms with E-state index in [4.69, 9.17) is 0 Å². The number of fused-ring (bicyclic) bond motifs is 3.